The van der Waals surface area contributed by atoms with Gasteiger partial charge < -0.3 is 9.64 Å². The molecular formula is C14H20ClN3O2S. The van der Waals surface area contributed by atoms with Crippen LogP contribution in [0.5, 0.6) is 0 Å². The number of aromatic nitrogens is 2. The Bertz CT molecular complexity index is 490. The van der Waals surface area contributed by atoms with Gasteiger partial charge >= 0.3 is 6.09 Å². The number of amides is 1. The summed E-state index contributed by atoms with van der Waals surface area (Å²) in [5.74, 6) is 1.37. The summed E-state index contributed by atoms with van der Waals surface area (Å²) in [7, 11) is 0. The summed E-state index contributed by atoms with van der Waals surface area (Å²) in [5, 5.41) is 9.09. The van der Waals surface area contributed by atoms with Gasteiger partial charge in [0.15, 0.2) is 5.15 Å². The van der Waals surface area contributed by atoms with Gasteiger partial charge in [-0.15, -0.1) is 22.0 Å². The van der Waals surface area contributed by atoms with E-state index in [0.717, 1.165) is 30.3 Å². The molecule has 1 saturated heterocycles. The molecule has 1 fully saturated rings. The van der Waals surface area contributed by atoms with E-state index in [-0.39, 0.29) is 6.09 Å². The van der Waals surface area contributed by atoms with E-state index in [1.54, 1.807) is 22.7 Å². The minimum Gasteiger partial charge on any atom is -0.444 e. The highest BCUT2D eigenvalue weighted by atomic mass is 35.5. The van der Waals surface area contributed by atoms with Gasteiger partial charge in [-0.25, -0.2) is 4.79 Å². The third kappa shape index (κ3) is 5.36. The zero-order valence-corrected chi connectivity index (χ0v) is 14.1. The number of hydrogen-bond acceptors (Lipinski definition) is 5. The molecule has 116 valence electrons. The minimum atomic E-state index is -0.442. The average molecular weight is 330 g/mol. The molecule has 5 nitrogen and oxygen atoms in total. The highest BCUT2D eigenvalue weighted by molar-refractivity contribution is 7.99. The Balaban J connectivity index is 1.77. The standard InChI is InChI=1S/C14H20ClN3O2S/c1-14(2,3)20-13(19)18-7-6-10(8-18)9-21-12-5-4-11(15)16-17-12/h4-5,10H,6-9H2,1-3H3/t10-/m0/s1. The van der Waals surface area contributed by atoms with Crippen LogP contribution in [-0.2, 0) is 4.74 Å². The van der Waals surface area contributed by atoms with Gasteiger partial charge in [0.1, 0.15) is 10.6 Å². The zero-order valence-electron chi connectivity index (χ0n) is 12.5. The molecule has 0 aliphatic carbocycles. The maximum atomic E-state index is 12.0. The SMILES string of the molecule is CC(C)(C)OC(=O)N1CC[C@H](CSc2ccc(Cl)nn2)C1. The first-order valence-corrected chi connectivity index (χ1v) is 8.30. The molecule has 21 heavy (non-hydrogen) atoms. The first kappa shape index (κ1) is 16.4. The minimum absolute atomic E-state index is 0.221. The Labute approximate surface area is 134 Å². The smallest absolute Gasteiger partial charge is 0.410 e. The van der Waals surface area contributed by atoms with Crippen LogP contribution in [0.2, 0.25) is 5.15 Å². The third-order valence-electron chi connectivity index (χ3n) is 3.01. The van der Waals surface area contributed by atoms with Crippen molar-refractivity contribution < 1.29 is 9.53 Å². The summed E-state index contributed by atoms with van der Waals surface area (Å²) >= 11 is 7.35. The summed E-state index contributed by atoms with van der Waals surface area (Å²) in [6.45, 7) is 7.14. The molecule has 7 heteroatoms. The topological polar surface area (TPSA) is 55.3 Å². The number of nitrogens with zero attached hydrogens (tertiary/aromatic N) is 3. The molecule has 0 radical (unpaired) electrons. The Morgan fingerprint density at radius 2 is 2.24 bits per heavy atom. The number of carbonyl (C=O) groups is 1. The molecule has 1 aliphatic rings. The number of thioether (sulfide) groups is 1. The predicted molar refractivity (Wildman–Crippen MR) is 83.7 cm³/mol. The average Bonchev–Trinajstić information content (AvgIpc) is 2.85. The van der Waals surface area contributed by atoms with Crippen molar-refractivity contribution in [1.82, 2.24) is 15.1 Å². The molecule has 2 rings (SSSR count). The van der Waals surface area contributed by atoms with Gasteiger partial charge in [-0.1, -0.05) is 11.6 Å². The maximum Gasteiger partial charge on any atom is 0.410 e. The number of hydrogen-bond donors (Lipinski definition) is 0. The van der Waals surface area contributed by atoms with Crippen LogP contribution < -0.4 is 0 Å². The molecule has 0 saturated carbocycles. The van der Waals surface area contributed by atoms with Gasteiger partial charge in [0.05, 0.1) is 0 Å². The first-order valence-electron chi connectivity index (χ1n) is 6.93. The van der Waals surface area contributed by atoms with Gasteiger partial charge in [-0.05, 0) is 45.2 Å². The molecule has 1 amide bonds. The van der Waals surface area contributed by atoms with Crippen LogP contribution in [0.15, 0.2) is 17.2 Å². The Hall–Kier alpha value is -1.01. The predicted octanol–water partition coefficient (Wildman–Crippen LogP) is 3.48. The first-order chi connectivity index (χ1) is 9.83. The van der Waals surface area contributed by atoms with E-state index in [2.05, 4.69) is 10.2 Å². The zero-order chi connectivity index (χ0) is 15.5. The summed E-state index contributed by atoms with van der Waals surface area (Å²) in [6, 6.07) is 3.60. The highest BCUT2D eigenvalue weighted by Crippen LogP contribution is 2.26. The summed E-state index contributed by atoms with van der Waals surface area (Å²) < 4.78 is 5.39. The summed E-state index contributed by atoms with van der Waals surface area (Å²) in [5.41, 5.74) is -0.442. The van der Waals surface area contributed by atoms with Crippen LogP contribution in [0.4, 0.5) is 4.79 Å². The van der Waals surface area contributed by atoms with Crippen molar-refractivity contribution in [3.63, 3.8) is 0 Å². The van der Waals surface area contributed by atoms with E-state index < -0.39 is 5.60 Å². The summed E-state index contributed by atoms with van der Waals surface area (Å²) in [6.07, 6.45) is 0.772. The molecule has 0 unspecified atom stereocenters. The Kier molecular flexibility index (Phi) is 5.32. The van der Waals surface area contributed by atoms with E-state index in [4.69, 9.17) is 16.3 Å². The van der Waals surface area contributed by atoms with E-state index >= 15 is 0 Å². The quantitative estimate of drug-likeness (QED) is 0.795. The van der Waals surface area contributed by atoms with Crippen LogP contribution in [0.1, 0.15) is 27.2 Å². The molecular weight excluding hydrogens is 310 g/mol. The molecule has 1 aromatic heterocycles. The maximum absolute atomic E-state index is 12.0. The van der Waals surface area contributed by atoms with Crippen molar-refractivity contribution in [3.8, 4) is 0 Å². The van der Waals surface area contributed by atoms with E-state index in [1.165, 1.54) is 0 Å². The lowest BCUT2D eigenvalue weighted by molar-refractivity contribution is 0.0289. The van der Waals surface area contributed by atoms with Gasteiger partial charge in [-0.3, -0.25) is 0 Å². The van der Waals surface area contributed by atoms with Crippen molar-refractivity contribution in [2.45, 2.75) is 37.8 Å². The van der Waals surface area contributed by atoms with Crippen molar-refractivity contribution in [2.75, 3.05) is 18.8 Å². The number of rotatable bonds is 3. The Morgan fingerprint density at radius 1 is 1.48 bits per heavy atom. The van der Waals surface area contributed by atoms with Crippen LogP contribution in [0.25, 0.3) is 0 Å². The molecule has 1 aromatic rings. The normalized spacial score (nSPS) is 18.9. The number of carbonyl (C=O) groups excluding carboxylic acids is 1. The fraction of sp³-hybridized carbons (Fsp3) is 0.643. The third-order valence-corrected chi connectivity index (χ3v) is 4.37. The second kappa shape index (κ2) is 6.83. The summed E-state index contributed by atoms with van der Waals surface area (Å²) in [4.78, 5) is 13.8. The second-order valence-corrected chi connectivity index (χ2v) is 7.51. The number of ether oxygens (including phenoxy) is 1. The van der Waals surface area contributed by atoms with Gasteiger partial charge in [0, 0.05) is 18.8 Å². The van der Waals surface area contributed by atoms with Gasteiger partial charge in [0.25, 0.3) is 0 Å². The molecule has 1 atom stereocenters. The molecule has 1 aliphatic heterocycles. The second-order valence-electron chi connectivity index (χ2n) is 6.09. The van der Waals surface area contributed by atoms with Gasteiger partial charge in [-0.2, -0.15) is 0 Å². The van der Waals surface area contributed by atoms with Crippen molar-refractivity contribution in [3.05, 3.63) is 17.3 Å². The number of likely N-dealkylation sites (tertiary alicyclic amines) is 1. The van der Waals surface area contributed by atoms with E-state index in [0.29, 0.717) is 11.1 Å². The largest absolute Gasteiger partial charge is 0.444 e. The van der Waals surface area contributed by atoms with Gasteiger partial charge in [0.2, 0.25) is 0 Å². The van der Waals surface area contributed by atoms with Crippen LogP contribution in [-0.4, -0.2) is 45.6 Å². The van der Waals surface area contributed by atoms with E-state index in [9.17, 15) is 4.79 Å². The molecule has 0 bridgehead atoms. The molecule has 0 N–H and O–H groups in total. The van der Waals surface area contributed by atoms with Crippen molar-refractivity contribution in [2.24, 2.45) is 5.92 Å². The van der Waals surface area contributed by atoms with Crippen molar-refractivity contribution in [1.29, 1.82) is 0 Å². The van der Waals surface area contributed by atoms with Crippen LogP contribution in [0, 0.1) is 5.92 Å². The number of halogens is 1. The Morgan fingerprint density at radius 3 is 2.86 bits per heavy atom. The lowest BCUT2D eigenvalue weighted by Gasteiger charge is -2.24. The lowest BCUT2D eigenvalue weighted by atomic mass is 10.2. The monoisotopic (exact) mass is 329 g/mol. The molecule has 0 spiro atoms. The highest BCUT2D eigenvalue weighted by Gasteiger charge is 2.29. The van der Waals surface area contributed by atoms with Crippen LogP contribution >= 0.6 is 23.4 Å². The fourth-order valence-corrected chi connectivity index (χ4v) is 3.09. The fourth-order valence-electron chi connectivity index (χ4n) is 2.04. The van der Waals surface area contributed by atoms with E-state index in [1.807, 2.05) is 26.8 Å². The van der Waals surface area contributed by atoms with Crippen LogP contribution in [0.3, 0.4) is 0 Å². The van der Waals surface area contributed by atoms with Crippen molar-refractivity contribution >= 4 is 29.5 Å². The molecule has 0 aromatic carbocycles. The lowest BCUT2D eigenvalue weighted by Crippen LogP contribution is -2.35. The molecule has 2 heterocycles.